The van der Waals surface area contributed by atoms with E-state index in [9.17, 15) is 14.7 Å². The fourth-order valence-corrected chi connectivity index (χ4v) is 4.55. The minimum atomic E-state index is -1.74. The number of nitrogens with zero attached hydrogens (tertiary/aromatic N) is 1. The zero-order valence-electron chi connectivity index (χ0n) is 17.5. The SMILES string of the molecule is CCOC(=O)C(O)C1(Nc2ccccc2I)C(=O)N(Cc2ccccc2)c2ccccc21. The lowest BCUT2D eigenvalue weighted by Crippen LogP contribution is -2.57. The van der Waals surface area contributed by atoms with Crippen molar-refractivity contribution in [2.75, 3.05) is 16.8 Å². The number of anilines is 2. The van der Waals surface area contributed by atoms with Gasteiger partial charge >= 0.3 is 5.97 Å². The molecule has 3 aromatic carbocycles. The van der Waals surface area contributed by atoms with Gasteiger partial charge in [-0.3, -0.25) is 4.79 Å². The lowest BCUT2D eigenvalue weighted by molar-refractivity contribution is -0.159. The average molecular weight is 542 g/mol. The van der Waals surface area contributed by atoms with Crippen LogP contribution in [0, 0.1) is 3.57 Å². The Labute approximate surface area is 200 Å². The summed E-state index contributed by atoms with van der Waals surface area (Å²) in [6, 6.07) is 24.3. The third-order valence-electron chi connectivity index (χ3n) is 5.51. The number of aliphatic hydroxyl groups excluding tert-OH is 1. The van der Waals surface area contributed by atoms with Crippen LogP contribution in [0.2, 0.25) is 0 Å². The van der Waals surface area contributed by atoms with E-state index < -0.39 is 23.5 Å². The molecule has 1 amide bonds. The first-order valence-electron chi connectivity index (χ1n) is 10.3. The first-order valence-corrected chi connectivity index (χ1v) is 11.4. The van der Waals surface area contributed by atoms with Crippen LogP contribution in [-0.4, -0.2) is 29.7 Å². The molecule has 0 saturated heterocycles. The zero-order valence-corrected chi connectivity index (χ0v) is 19.7. The molecular weight excluding hydrogens is 519 g/mol. The maximum absolute atomic E-state index is 14.0. The second-order valence-corrected chi connectivity index (χ2v) is 8.62. The highest BCUT2D eigenvalue weighted by Gasteiger charge is 2.58. The van der Waals surface area contributed by atoms with Crippen LogP contribution in [0.4, 0.5) is 11.4 Å². The number of rotatable bonds is 7. The van der Waals surface area contributed by atoms with Crippen LogP contribution in [0.15, 0.2) is 78.9 Å². The maximum atomic E-state index is 14.0. The molecule has 2 atom stereocenters. The molecule has 0 radical (unpaired) electrons. The number of carbonyl (C=O) groups excluding carboxylic acids is 2. The Bertz CT molecular complexity index is 1140. The molecule has 7 heteroatoms. The number of esters is 1. The van der Waals surface area contributed by atoms with Gasteiger partial charge in [-0.25, -0.2) is 4.79 Å². The molecule has 0 saturated carbocycles. The van der Waals surface area contributed by atoms with E-state index in [2.05, 4.69) is 27.9 Å². The van der Waals surface area contributed by atoms with Crippen molar-refractivity contribution in [3.8, 4) is 0 Å². The number of carbonyl (C=O) groups is 2. The van der Waals surface area contributed by atoms with E-state index in [1.165, 1.54) is 0 Å². The molecule has 0 fully saturated rings. The molecular formula is C25H23IN2O4. The summed E-state index contributed by atoms with van der Waals surface area (Å²) in [5.41, 5.74) is 1.02. The van der Waals surface area contributed by atoms with E-state index in [0.29, 0.717) is 23.5 Å². The van der Waals surface area contributed by atoms with Gasteiger partial charge in [0.1, 0.15) is 0 Å². The van der Waals surface area contributed by atoms with Gasteiger partial charge in [0.15, 0.2) is 11.6 Å². The second-order valence-electron chi connectivity index (χ2n) is 7.46. The van der Waals surface area contributed by atoms with Crippen molar-refractivity contribution >= 4 is 45.8 Å². The van der Waals surface area contributed by atoms with Gasteiger partial charge < -0.3 is 20.1 Å². The number of aliphatic hydroxyl groups is 1. The third-order valence-corrected chi connectivity index (χ3v) is 6.45. The van der Waals surface area contributed by atoms with E-state index in [0.717, 1.165) is 9.13 Å². The van der Waals surface area contributed by atoms with Gasteiger partial charge in [-0.1, -0.05) is 60.7 Å². The molecule has 4 rings (SSSR count). The third kappa shape index (κ3) is 3.86. The van der Waals surface area contributed by atoms with Crippen LogP contribution in [0.5, 0.6) is 0 Å². The Balaban J connectivity index is 1.87. The topological polar surface area (TPSA) is 78.9 Å². The summed E-state index contributed by atoms with van der Waals surface area (Å²) >= 11 is 2.16. The second kappa shape index (κ2) is 9.30. The van der Waals surface area contributed by atoms with Gasteiger partial charge in [0.2, 0.25) is 0 Å². The van der Waals surface area contributed by atoms with Crippen LogP contribution in [-0.2, 0) is 26.4 Å². The number of para-hydroxylation sites is 2. The predicted molar refractivity (Wildman–Crippen MR) is 131 cm³/mol. The Hall–Kier alpha value is -2.91. The smallest absolute Gasteiger partial charge is 0.338 e. The molecule has 3 aromatic rings. The van der Waals surface area contributed by atoms with E-state index in [4.69, 9.17) is 4.74 Å². The number of ether oxygens (including phenoxy) is 1. The van der Waals surface area contributed by atoms with Crippen molar-refractivity contribution in [2.24, 2.45) is 0 Å². The minimum Gasteiger partial charge on any atom is -0.464 e. The largest absolute Gasteiger partial charge is 0.464 e. The summed E-state index contributed by atoms with van der Waals surface area (Å²) in [7, 11) is 0. The van der Waals surface area contributed by atoms with Gasteiger partial charge in [0, 0.05) is 14.8 Å². The molecule has 2 N–H and O–H groups in total. The predicted octanol–water partition coefficient (Wildman–Crippen LogP) is 4.07. The van der Waals surface area contributed by atoms with E-state index >= 15 is 0 Å². The zero-order chi connectivity index (χ0) is 22.7. The normalized spacial score (nSPS) is 18.2. The van der Waals surface area contributed by atoms with Crippen molar-refractivity contribution in [2.45, 2.75) is 25.1 Å². The quantitative estimate of drug-likeness (QED) is 0.348. The fourth-order valence-electron chi connectivity index (χ4n) is 4.03. The van der Waals surface area contributed by atoms with Crippen molar-refractivity contribution in [1.82, 2.24) is 0 Å². The monoisotopic (exact) mass is 542 g/mol. The van der Waals surface area contributed by atoms with Gasteiger partial charge in [0.05, 0.1) is 18.8 Å². The Morgan fingerprint density at radius 1 is 1.06 bits per heavy atom. The fraction of sp³-hybridized carbons (Fsp3) is 0.200. The summed E-state index contributed by atoms with van der Waals surface area (Å²) in [5.74, 6) is -1.27. The van der Waals surface area contributed by atoms with Gasteiger partial charge in [-0.2, -0.15) is 0 Å². The van der Waals surface area contributed by atoms with Crippen molar-refractivity contribution in [3.05, 3.63) is 93.6 Å². The summed E-state index contributed by atoms with van der Waals surface area (Å²) in [5, 5.41) is 14.5. The summed E-state index contributed by atoms with van der Waals surface area (Å²) in [6.45, 7) is 2.07. The Morgan fingerprint density at radius 3 is 2.44 bits per heavy atom. The first kappa shape index (κ1) is 22.3. The number of hydrogen-bond donors (Lipinski definition) is 2. The summed E-state index contributed by atoms with van der Waals surface area (Å²) < 4.78 is 5.98. The lowest BCUT2D eigenvalue weighted by atomic mass is 9.84. The molecule has 1 aliphatic rings. The molecule has 2 unspecified atom stereocenters. The standard InChI is InChI=1S/C25H23IN2O4/c1-2-32-23(30)22(29)25(27-20-14-8-7-13-19(20)26)18-12-6-9-15-21(18)28(24(25)31)16-17-10-4-3-5-11-17/h3-15,22,27,29H,2,16H2,1H3. The Morgan fingerprint density at radius 2 is 1.72 bits per heavy atom. The maximum Gasteiger partial charge on any atom is 0.338 e. The number of fused-ring (bicyclic) bond motifs is 1. The van der Waals surface area contributed by atoms with Crippen molar-refractivity contribution in [3.63, 3.8) is 0 Å². The molecule has 1 aliphatic heterocycles. The molecule has 164 valence electrons. The highest BCUT2D eigenvalue weighted by atomic mass is 127. The van der Waals surface area contributed by atoms with E-state index in [1.807, 2.05) is 66.7 Å². The van der Waals surface area contributed by atoms with Crippen LogP contribution >= 0.6 is 22.6 Å². The molecule has 0 bridgehead atoms. The van der Waals surface area contributed by atoms with Gasteiger partial charge in [-0.15, -0.1) is 0 Å². The van der Waals surface area contributed by atoms with Crippen LogP contribution in [0.25, 0.3) is 0 Å². The highest BCUT2D eigenvalue weighted by Crippen LogP contribution is 2.46. The lowest BCUT2D eigenvalue weighted by Gasteiger charge is -2.34. The number of hydrogen-bond acceptors (Lipinski definition) is 5. The first-order chi connectivity index (χ1) is 15.5. The molecule has 6 nitrogen and oxygen atoms in total. The molecule has 0 spiro atoms. The molecule has 0 aromatic heterocycles. The average Bonchev–Trinajstić information content (AvgIpc) is 3.04. The van der Waals surface area contributed by atoms with E-state index in [1.54, 1.807) is 24.0 Å². The molecule has 1 heterocycles. The highest BCUT2D eigenvalue weighted by molar-refractivity contribution is 14.1. The van der Waals surface area contributed by atoms with Crippen molar-refractivity contribution in [1.29, 1.82) is 0 Å². The summed E-state index contributed by atoms with van der Waals surface area (Å²) in [6.07, 6.45) is -1.74. The van der Waals surface area contributed by atoms with Crippen LogP contribution in [0.3, 0.4) is 0 Å². The van der Waals surface area contributed by atoms with Crippen molar-refractivity contribution < 1.29 is 19.4 Å². The molecule has 0 aliphatic carbocycles. The van der Waals surface area contributed by atoms with E-state index in [-0.39, 0.29) is 6.61 Å². The van der Waals surface area contributed by atoms with Gasteiger partial charge in [0.25, 0.3) is 5.91 Å². The minimum absolute atomic E-state index is 0.0956. The van der Waals surface area contributed by atoms with Crippen LogP contribution in [0.1, 0.15) is 18.1 Å². The number of halogens is 1. The summed E-state index contributed by atoms with van der Waals surface area (Å²) in [4.78, 5) is 28.4. The number of amides is 1. The number of benzene rings is 3. The molecule has 32 heavy (non-hydrogen) atoms. The Kier molecular flexibility index (Phi) is 6.48. The van der Waals surface area contributed by atoms with Crippen LogP contribution < -0.4 is 10.2 Å². The van der Waals surface area contributed by atoms with Gasteiger partial charge in [-0.05, 0) is 53.3 Å². The number of nitrogens with one attached hydrogen (secondary N) is 1.